The minimum Gasteiger partial charge on any atom is -0.469 e. The minimum atomic E-state index is -0.561. The molecule has 0 aromatic carbocycles. The van der Waals surface area contributed by atoms with E-state index < -0.39 is 23.8 Å². The van der Waals surface area contributed by atoms with Gasteiger partial charge in [-0.25, -0.2) is 0 Å². The number of hydrogen-bond donors (Lipinski definition) is 1. The highest BCUT2D eigenvalue weighted by molar-refractivity contribution is 5.81. The van der Waals surface area contributed by atoms with Gasteiger partial charge in [-0.1, -0.05) is 13.8 Å². The predicted molar refractivity (Wildman–Crippen MR) is 48.4 cm³/mol. The molecular formula is C9H16O5. The first-order valence-corrected chi connectivity index (χ1v) is 4.40. The Morgan fingerprint density at radius 1 is 1.21 bits per heavy atom. The molecular weight excluding hydrogens is 188 g/mol. The zero-order valence-corrected chi connectivity index (χ0v) is 8.65. The third-order valence-corrected chi connectivity index (χ3v) is 2.03. The fourth-order valence-electron chi connectivity index (χ4n) is 0.872. The summed E-state index contributed by atoms with van der Waals surface area (Å²) in [5.74, 6) is -2.05. The molecule has 0 aromatic heterocycles. The molecule has 0 fully saturated rings. The van der Waals surface area contributed by atoms with Crippen LogP contribution in [-0.4, -0.2) is 37.4 Å². The maximum Gasteiger partial charge on any atom is 0.309 e. The summed E-state index contributed by atoms with van der Waals surface area (Å²) in [4.78, 5) is 22.3. The topological polar surface area (TPSA) is 72.8 Å². The monoisotopic (exact) mass is 204 g/mol. The highest BCUT2D eigenvalue weighted by Crippen LogP contribution is 2.13. The van der Waals surface area contributed by atoms with Crippen LogP contribution in [0.1, 0.15) is 13.8 Å². The highest BCUT2D eigenvalue weighted by atomic mass is 16.5. The van der Waals surface area contributed by atoms with Gasteiger partial charge in [0.1, 0.15) is 6.61 Å². The van der Waals surface area contributed by atoms with E-state index >= 15 is 0 Å². The van der Waals surface area contributed by atoms with Crippen molar-refractivity contribution in [1.82, 2.24) is 0 Å². The lowest BCUT2D eigenvalue weighted by atomic mass is 9.96. The third kappa shape index (κ3) is 3.74. The lowest BCUT2D eigenvalue weighted by molar-refractivity contribution is -0.158. The molecule has 0 saturated carbocycles. The summed E-state index contributed by atoms with van der Waals surface area (Å²) in [6.07, 6.45) is 0. The van der Waals surface area contributed by atoms with Crippen molar-refractivity contribution < 1.29 is 24.2 Å². The standard InChI is InChI=1S/C9H16O5/c1-6(8(11)13-3)7(2)9(12)14-5-4-10/h6-7,10H,4-5H2,1-3H3. The Labute approximate surface area is 83.0 Å². The molecule has 0 aliphatic heterocycles. The van der Waals surface area contributed by atoms with E-state index in [1.807, 2.05) is 0 Å². The van der Waals surface area contributed by atoms with Gasteiger partial charge in [-0.15, -0.1) is 0 Å². The van der Waals surface area contributed by atoms with Crippen LogP contribution in [0.2, 0.25) is 0 Å². The van der Waals surface area contributed by atoms with E-state index in [1.165, 1.54) is 7.11 Å². The predicted octanol–water partition coefficient (Wildman–Crippen LogP) is -0.0329. The molecule has 0 aromatic rings. The summed E-state index contributed by atoms with van der Waals surface area (Å²) < 4.78 is 9.16. The van der Waals surface area contributed by atoms with Gasteiger partial charge in [0.15, 0.2) is 0 Å². The smallest absolute Gasteiger partial charge is 0.309 e. The maximum atomic E-state index is 11.2. The van der Waals surface area contributed by atoms with Gasteiger partial charge in [0.2, 0.25) is 0 Å². The molecule has 0 saturated heterocycles. The fourth-order valence-corrected chi connectivity index (χ4v) is 0.872. The zero-order chi connectivity index (χ0) is 11.1. The van der Waals surface area contributed by atoms with Crippen molar-refractivity contribution >= 4 is 11.9 Å². The summed E-state index contributed by atoms with van der Waals surface area (Å²) in [6, 6.07) is 0. The van der Waals surface area contributed by atoms with E-state index in [-0.39, 0.29) is 13.2 Å². The van der Waals surface area contributed by atoms with Crippen molar-refractivity contribution in [3.05, 3.63) is 0 Å². The van der Waals surface area contributed by atoms with E-state index in [0.29, 0.717) is 0 Å². The van der Waals surface area contributed by atoms with Crippen molar-refractivity contribution in [2.75, 3.05) is 20.3 Å². The van der Waals surface area contributed by atoms with Crippen LogP contribution < -0.4 is 0 Å². The Morgan fingerprint density at radius 2 is 1.71 bits per heavy atom. The van der Waals surface area contributed by atoms with Crippen LogP contribution in [0, 0.1) is 11.8 Å². The number of hydrogen-bond acceptors (Lipinski definition) is 5. The summed E-state index contributed by atoms with van der Waals surface area (Å²) in [5.41, 5.74) is 0. The third-order valence-electron chi connectivity index (χ3n) is 2.03. The van der Waals surface area contributed by atoms with Crippen LogP contribution in [0.15, 0.2) is 0 Å². The van der Waals surface area contributed by atoms with Crippen LogP contribution in [0.25, 0.3) is 0 Å². The van der Waals surface area contributed by atoms with E-state index in [4.69, 9.17) is 5.11 Å². The number of methoxy groups -OCH3 is 1. The molecule has 0 rings (SSSR count). The lowest BCUT2D eigenvalue weighted by Gasteiger charge is -2.15. The molecule has 82 valence electrons. The van der Waals surface area contributed by atoms with E-state index in [1.54, 1.807) is 13.8 Å². The number of rotatable bonds is 5. The molecule has 0 radical (unpaired) electrons. The van der Waals surface area contributed by atoms with Gasteiger partial charge in [0.05, 0.1) is 25.6 Å². The van der Waals surface area contributed by atoms with Crippen LogP contribution >= 0.6 is 0 Å². The SMILES string of the molecule is COC(=O)C(C)C(C)C(=O)OCCO. The molecule has 2 atom stereocenters. The number of aliphatic hydroxyl groups excluding tert-OH is 1. The Hall–Kier alpha value is -1.10. The van der Waals surface area contributed by atoms with Gasteiger partial charge in [-0.05, 0) is 0 Å². The molecule has 0 aliphatic rings. The Bertz CT molecular complexity index is 201. The van der Waals surface area contributed by atoms with Crippen molar-refractivity contribution in [2.24, 2.45) is 11.8 Å². The van der Waals surface area contributed by atoms with E-state index in [2.05, 4.69) is 9.47 Å². The van der Waals surface area contributed by atoms with Crippen LogP contribution in [-0.2, 0) is 19.1 Å². The average Bonchev–Trinajstić information content (AvgIpc) is 2.22. The maximum absolute atomic E-state index is 11.2. The number of carbonyl (C=O) groups excluding carboxylic acids is 2. The first-order chi connectivity index (χ1) is 6.54. The van der Waals surface area contributed by atoms with E-state index in [0.717, 1.165) is 0 Å². The minimum absolute atomic E-state index is 0.0446. The van der Waals surface area contributed by atoms with Crippen LogP contribution in [0.4, 0.5) is 0 Å². The number of aliphatic hydroxyl groups is 1. The average molecular weight is 204 g/mol. The number of esters is 2. The largest absolute Gasteiger partial charge is 0.469 e. The van der Waals surface area contributed by atoms with Crippen LogP contribution in [0.3, 0.4) is 0 Å². The van der Waals surface area contributed by atoms with E-state index in [9.17, 15) is 9.59 Å². The molecule has 14 heavy (non-hydrogen) atoms. The summed E-state index contributed by atoms with van der Waals surface area (Å²) >= 11 is 0. The first-order valence-electron chi connectivity index (χ1n) is 4.40. The Morgan fingerprint density at radius 3 is 2.14 bits per heavy atom. The van der Waals surface area contributed by atoms with Gasteiger partial charge >= 0.3 is 11.9 Å². The second-order valence-corrected chi connectivity index (χ2v) is 2.99. The second kappa shape index (κ2) is 6.37. The van der Waals surface area contributed by atoms with Gasteiger partial charge in [0.25, 0.3) is 0 Å². The quantitative estimate of drug-likeness (QED) is 0.636. The highest BCUT2D eigenvalue weighted by Gasteiger charge is 2.27. The zero-order valence-electron chi connectivity index (χ0n) is 8.65. The second-order valence-electron chi connectivity index (χ2n) is 2.99. The Kier molecular flexibility index (Phi) is 5.87. The number of ether oxygens (including phenoxy) is 2. The molecule has 0 amide bonds. The summed E-state index contributed by atoms with van der Waals surface area (Å²) in [7, 11) is 1.27. The van der Waals surface area contributed by atoms with Crippen LogP contribution in [0.5, 0.6) is 0 Å². The van der Waals surface area contributed by atoms with Crippen molar-refractivity contribution in [2.45, 2.75) is 13.8 Å². The fraction of sp³-hybridized carbons (Fsp3) is 0.778. The van der Waals surface area contributed by atoms with Crippen molar-refractivity contribution in [1.29, 1.82) is 0 Å². The molecule has 2 unspecified atom stereocenters. The molecule has 0 bridgehead atoms. The lowest BCUT2D eigenvalue weighted by Crippen LogP contribution is -2.28. The molecule has 0 heterocycles. The van der Waals surface area contributed by atoms with Crippen molar-refractivity contribution in [3.8, 4) is 0 Å². The molecule has 1 N–H and O–H groups in total. The molecule has 0 spiro atoms. The molecule has 0 aliphatic carbocycles. The normalized spacial score (nSPS) is 14.3. The van der Waals surface area contributed by atoms with Gasteiger partial charge < -0.3 is 14.6 Å². The van der Waals surface area contributed by atoms with Gasteiger partial charge in [-0.2, -0.15) is 0 Å². The van der Waals surface area contributed by atoms with Gasteiger partial charge in [0, 0.05) is 0 Å². The molecule has 5 heteroatoms. The summed E-state index contributed by atoms with van der Waals surface area (Å²) in [5, 5.41) is 8.42. The number of carbonyl (C=O) groups is 2. The first kappa shape index (κ1) is 12.9. The Balaban J connectivity index is 4.10. The van der Waals surface area contributed by atoms with Crippen molar-refractivity contribution in [3.63, 3.8) is 0 Å². The molecule has 5 nitrogen and oxygen atoms in total. The summed E-state index contributed by atoms with van der Waals surface area (Å²) in [6.45, 7) is 2.92. The van der Waals surface area contributed by atoms with Gasteiger partial charge in [-0.3, -0.25) is 9.59 Å².